The van der Waals surface area contributed by atoms with Crippen LogP contribution in [0.4, 0.5) is 13.2 Å². The van der Waals surface area contributed by atoms with Crippen LogP contribution in [0.5, 0.6) is 5.88 Å². The van der Waals surface area contributed by atoms with Crippen molar-refractivity contribution in [2.24, 2.45) is 0 Å². The van der Waals surface area contributed by atoms with Crippen LogP contribution in [0.1, 0.15) is 38.8 Å². The molecule has 0 N–H and O–H groups in total. The number of piperazine rings is 1. The third-order valence-corrected chi connectivity index (χ3v) is 3.54. The standard InChI is InChI=1S/C14H20F3N3O.2C2H6/c1-11-9-12(14(15,16)17)13(18-10-11)21-8-7-20-5-3-19(2)4-6-20;2*1-2/h9-10H,3-8H2,1-2H3;2*1-2H3. The average molecular weight is 363 g/mol. The van der Waals surface area contributed by atoms with Gasteiger partial charge >= 0.3 is 6.18 Å². The van der Waals surface area contributed by atoms with Crippen molar-refractivity contribution < 1.29 is 17.9 Å². The molecule has 2 heterocycles. The molecule has 0 atom stereocenters. The molecule has 0 aromatic carbocycles. The van der Waals surface area contributed by atoms with E-state index in [0.29, 0.717) is 12.1 Å². The number of pyridine rings is 1. The fourth-order valence-corrected chi connectivity index (χ4v) is 2.22. The van der Waals surface area contributed by atoms with Crippen LogP contribution in [0, 0.1) is 6.92 Å². The van der Waals surface area contributed by atoms with Crippen LogP contribution in [0.15, 0.2) is 12.3 Å². The Morgan fingerprint density at radius 2 is 1.64 bits per heavy atom. The first-order valence-electron chi connectivity index (χ1n) is 8.94. The molecule has 1 aliphatic rings. The summed E-state index contributed by atoms with van der Waals surface area (Å²) in [6.45, 7) is 14.2. The zero-order chi connectivity index (χ0) is 19.5. The predicted octanol–water partition coefficient (Wildman–Crippen LogP) is 4.09. The number of alkyl halides is 3. The van der Waals surface area contributed by atoms with Crippen molar-refractivity contribution in [3.63, 3.8) is 0 Å². The molecule has 0 saturated carbocycles. The van der Waals surface area contributed by atoms with Gasteiger partial charge in [0.2, 0.25) is 5.88 Å². The maximum absolute atomic E-state index is 12.9. The maximum atomic E-state index is 12.9. The first-order chi connectivity index (χ1) is 11.9. The van der Waals surface area contributed by atoms with Crippen LogP contribution >= 0.6 is 0 Å². The highest BCUT2D eigenvalue weighted by atomic mass is 19.4. The summed E-state index contributed by atoms with van der Waals surface area (Å²) in [6, 6.07) is 1.07. The molecule has 0 unspecified atom stereocenters. The lowest BCUT2D eigenvalue weighted by molar-refractivity contribution is -0.139. The number of nitrogens with zero attached hydrogens (tertiary/aromatic N) is 3. The second kappa shape index (κ2) is 12.1. The third-order valence-electron chi connectivity index (χ3n) is 3.54. The smallest absolute Gasteiger partial charge is 0.421 e. The van der Waals surface area contributed by atoms with Crippen LogP contribution < -0.4 is 4.74 Å². The van der Waals surface area contributed by atoms with Crippen LogP contribution in [0.3, 0.4) is 0 Å². The Hall–Kier alpha value is -1.34. The molecule has 0 aliphatic carbocycles. The number of aromatic nitrogens is 1. The quantitative estimate of drug-likeness (QED) is 0.806. The van der Waals surface area contributed by atoms with Gasteiger partial charge < -0.3 is 9.64 Å². The second-order valence-electron chi connectivity index (χ2n) is 5.36. The van der Waals surface area contributed by atoms with Crippen molar-refractivity contribution in [1.29, 1.82) is 0 Å². The van der Waals surface area contributed by atoms with Crippen LogP contribution in [0.2, 0.25) is 0 Å². The van der Waals surface area contributed by atoms with Gasteiger partial charge in [-0.05, 0) is 25.6 Å². The summed E-state index contributed by atoms with van der Waals surface area (Å²) in [4.78, 5) is 8.18. The van der Waals surface area contributed by atoms with Crippen molar-refractivity contribution in [1.82, 2.24) is 14.8 Å². The molecule has 2 rings (SSSR count). The van der Waals surface area contributed by atoms with Gasteiger partial charge in [-0.25, -0.2) is 4.98 Å². The summed E-state index contributed by atoms with van der Waals surface area (Å²) in [7, 11) is 2.06. The van der Waals surface area contributed by atoms with Gasteiger partial charge in [0, 0.05) is 38.9 Å². The number of aryl methyl sites for hydroxylation is 1. The van der Waals surface area contributed by atoms with Crippen molar-refractivity contribution in [3.8, 4) is 5.88 Å². The molecule has 0 spiro atoms. The van der Waals surface area contributed by atoms with E-state index in [1.165, 1.54) is 6.20 Å². The molecule has 4 nitrogen and oxygen atoms in total. The SMILES string of the molecule is CC.CC.Cc1cnc(OCCN2CCN(C)CC2)c(C(F)(F)F)c1. The molecule has 0 amide bonds. The summed E-state index contributed by atoms with van der Waals surface area (Å²) in [5, 5.41) is 0. The minimum Gasteiger partial charge on any atom is -0.476 e. The molecule has 1 aliphatic heterocycles. The third kappa shape index (κ3) is 8.54. The Morgan fingerprint density at radius 1 is 1.08 bits per heavy atom. The number of rotatable bonds is 4. The highest BCUT2D eigenvalue weighted by Crippen LogP contribution is 2.35. The normalized spacial score (nSPS) is 15.6. The van der Waals surface area contributed by atoms with Crippen LogP contribution in [-0.2, 0) is 6.18 Å². The van der Waals surface area contributed by atoms with E-state index >= 15 is 0 Å². The highest BCUT2D eigenvalue weighted by Gasteiger charge is 2.35. The minimum absolute atomic E-state index is 0.211. The molecule has 0 radical (unpaired) electrons. The lowest BCUT2D eigenvalue weighted by Gasteiger charge is -2.32. The summed E-state index contributed by atoms with van der Waals surface area (Å²) < 4.78 is 44.0. The molecule has 1 aromatic rings. The molecule has 25 heavy (non-hydrogen) atoms. The molecule has 1 saturated heterocycles. The molecule has 146 valence electrons. The number of hydrogen-bond donors (Lipinski definition) is 0. The van der Waals surface area contributed by atoms with E-state index in [9.17, 15) is 13.2 Å². The first kappa shape index (κ1) is 23.7. The first-order valence-corrected chi connectivity index (χ1v) is 8.94. The predicted molar refractivity (Wildman–Crippen MR) is 96.1 cm³/mol. The van der Waals surface area contributed by atoms with Gasteiger partial charge in [0.25, 0.3) is 0 Å². The fourth-order valence-electron chi connectivity index (χ4n) is 2.22. The topological polar surface area (TPSA) is 28.6 Å². The van der Waals surface area contributed by atoms with E-state index in [-0.39, 0.29) is 12.5 Å². The Morgan fingerprint density at radius 3 is 2.16 bits per heavy atom. The van der Waals surface area contributed by atoms with E-state index in [1.54, 1.807) is 6.92 Å². The van der Waals surface area contributed by atoms with Crippen LogP contribution in [-0.4, -0.2) is 61.2 Å². The lowest BCUT2D eigenvalue weighted by atomic mass is 10.2. The highest BCUT2D eigenvalue weighted by molar-refractivity contribution is 5.31. The molecule has 0 bridgehead atoms. The van der Waals surface area contributed by atoms with E-state index in [4.69, 9.17) is 4.74 Å². The van der Waals surface area contributed by atoms with Gasteiger partial charge in [0.05, 0.1) is 0 Å². The Kier molecular flexibility index (Phi) is 11.4. The number of hydrogen-bond acceptors (Lipinski definition) is 4. The van der Waals surface area contributed by atoms with Gasteiger partial charge in [-0.1, -0.05) is 27.7 Å². The van der Waals surface area contributed by atoms with Crippen molar-refractivity contribution in [2.75, 3.05) is 46.4 Å². The molecular formula is C18H32F3N3O. The molecule has 1 aromatic heterocycles. The second-order valence-corrected chi connectivity index (χ2v) is 5.36. The minimum atomic E-state index is -4.44. The van der Waals surface area contributed by atoms with Crippen molar-refractivity contribution in [3.05, 3.63) is 23.4 Å². The van der Waals surface area contributed by atoms with Gasteiger partial charge in [-0.15, -0.1) is 0 Å². The van der Waals surface area contributed by atoms with E-state index in [2.05, 4.69) is 21.8 Å². The zero-order valence-corrected chi connectivity index (χ0v) is 16.3. The monoisotopic (exact) mass is 363 g/mol. The van der Waals surface area contributed by atoms with E-state index < -0.39 is 11.7 Å². The van der Waals surface area contributed by atoms with E-state index in [1.807, 2.05) is 27.7 Å². The number of halogens is 3. The average Bonchev–Trinajstić information content (AvgIpc) is 2.60. The Labute approximate surface area is 150 Å². The summed E-state index contributed by atoms with van der Waals surface area (Å²) in [5.74, 6) is -0.331. The number of likely N-dealkylation sites (N-methyl/N-ethyl adjacent to an activating group) is 1. The summed E-state index contributed by atoms with van der Waals surface area (Å²) in [5.41, 5.74) is -0.338. The van der Waals surface area contributed by atoms with Gasteiger partial charge in [-0.3, -0.25) is 4.90 Å². The molecule has 1 fully saturated rings. The van der Waals surface area contributed by atoms with Gasteiger partial charge in [-0.2, -0.15) is 13.2 Å². The Bertz CT molecular complexity index is 473. The lowest BCUT2D eigenvalue weighted by Crippen LogP contribution is -2.45. The fraction of sp³-hybridized carbons (Fsp3) is 0.722. The van der Waals surface area contributed by atoms with E-state index in [0.717, 1.165) is 32.2 Å². The van der Waals surface area contributed by atoms with Crippen molar-refractivity contribution >= 4 is 0 Å². The molecular weight excluding hydrogens is 331 g/mol. The zero-order valence-electron chi connectivity index (χ0n) is 16.3. The largest absolute Gasteiger partial charge is 0.476 e. The van der Waals surface area contributed by atoms with Crippen LogP contribution in [0.25, 0.3) is 0 Å². The number of ether oxygens (including phenoxy) is 1. The summed E-state index contributed by atoms with van der Waals surface area (Å²) in [6.07, 6.45) is -3.05. The summed E-state index contributed by atoms with van der Waals surface area (Å²) >= 11 is 0. The molecule has 7 heteroatoms. The van der Waals surface area contributed by atoms with Crippen molar-refractivity contribution in [2.45, 2.75) is 40.8 Å². The Balaban J connectivity index is 0.00000134. The van der Waals surface area contributed by atoms with Gasteiger partial charge in [0.1, 0.15) is 12.2 Å². The maximum Gasteiger partial charge on any atom is 0.421 e. The van der Waals surface area contributed by atoms with Gasteiger partial charge in [0.15, 0.2) is 0 Å².